The largest absolute Gasteiger partial charge is 0.378 e. The number of morpholine rings is 1. The normalized spacial score (nSPS) is 13.7. The highest BCUT2D eigenvalue weighted by Gasteiger charge is 2.20. The van der Waals surface area contributed by atoms with Crippen LogP contribution in [0.1, 0.15) is 27.0 Å². The Labute approximate surface area is 204 Å². The predicted molar refractivity (Wildman–Crippen MR) is 137 cm³/mol. The van der Waals surface area contributed by atoms with Crippen LogP contribution in [0.3, 0.4) is 0 Å². The number of fused-ring (bicyclic) bond motifs is 1. The second-order valence-corrected chi connectivity index (χ2v) is 8.79. The average molecular weight is 469 g/mol. The van der Waals surface area contributed by atoms with Crippen LogP contribution in [-0.4, -0.2) is 41.8 Å². The van der Waals surface area contributed by atoms with E-state index in [9.17, 15) is 9.59 Å². The lowest BCUT2D eigenvalue weighted by molar-refractivity contribution is 0.0951. The molecule has 1 aliphatic rings. The van der Waals surface area contributed by atoms with Gasteiger partial charge in [0, 0.05) is 25.2 Å². The number of carbonyl (C=O) groups is 1. The molecule has 4 aromatic rings. The maximum absolute atomic E-state index is 13.6. The molecule has 1 N–H and O–H groups in total. The lowest BCUT2D eigenvalue weighted by Gasteiger charge is -2.30. The number of benzene rings is 3. The van der Waals surface area contributed by atoms with E-state index >= 15 is 0 Å². The molecule has 1 saturated heterocycles. The summed E-state index contributed by atoms with van der Waals surface area (Å²) >= 11 is 0. The number of nitrogens with one attached hydrogen (secondary N) is 1. The van der Waals surface area contributed by atoms with Crippen LogP contribution in [0.5, 0.6) is 0 Å². The fourth-order valence-electron chi connectivity index (χ4n) is 4.25. The Balaban J connectivity index is 1.50. The number of hydrogen-bond donors (Lipinski definition) is 1. The molecule has 1 aliphatic heterocycles. The Bertz CT molecular complexity index is 1390. The van der Waals surface area contributed by atoms with Gasteiger partial charge in [-0.1, -0.05) is 60.2 Å². The number of carbonyl (C=O) groups excluding carboxylic acids is 1. The van der Waals surface area contributed by atoms with Crippen LogP contribution >= 0.6 is 0 Å². The number of nitrogens with zero attached hydrogens (tertiary/aromatic N) is 3. The van der Waals surface area contributed by atoms with E-state index in [4.69, 9.17) is 9.72 Å². The summed E-state index contributed by atoms with van der Waals surface area (Å²) in [7, 11) is 0. The molecule has 1 fully saturated rings. The summed E-state index contributed by atoms with van der Waals surface area (Å²) in [5, 5.41) is 3.44. The molecule has 1 amide bonds. The standard InChI is InChI=1S/C28H28N4O3/c1-20-7-9-22(10-8-20)19-32-27(34)24-12-11-23(26(33)29-18-21-5-3-2-4-6-21)17-25(24)30-28(32)31-13-15-35-16-14-31/h2-12,17H,13-16,18-19H2,1H3,(H,29,33). The van der Waals surface area contributed by atoms with Crippen molar-refractivity contribution in [1.29, 1.82) is 0 Å². The van der Waals surface area contributed by atoms with Crippen LogP contribution in [-0.2, 0) is 17.8 Å². The predicted octanol–water partition coefficient (Wildman–Crippen LogP) is 3.52. The lowest BCUT2D eigenvalue weighted by atomic mass is 10.1. The number of anilines is 1. The van der Waals surface area contributed by atoms with Gasteiger partial charge in [-0.2, -0.15) is 0 Å². The van der Waals surface area contributed by atoms with E-state index in [0.717, 1.165) is 11.1 Å². The molecule has 3 aromatic carbocycles. The van der Waals surface area contributed by atoms with Gasteiger partial charge in [-0.25, -0.2) is 4.98 Å². The van der Waals surface area contributed by atoms with Crippen molar-refractivity contribution in [3.63, 3.8) is 0 Å². The van der Waals surface area contributed by atoms with Gasteiger partial charge < -0.3 is 15.0 Å². The molecule has 0 unspecified atom stereocenters. The number of hydrogen-bond acceptors (Lipinski definition) is 5. The second-order valence-electron chi connectivity index (χ2n) is 8.79. The molecule has 1 aromatic heterocycles. The summed E-state index contributed by atoms with van der Waals surface area (Å²) in [5.41, 5.74) is 4.10. The molecule has 7 heteroatoms. The van der Waals surface area contributed by atoms with E-state index in [1.54, 1.807) is 22.8 Å². The van der Waals surface area contributed by atoms with E-state index in [1.807, 2.05) is 61.5 Å². The molecule has 35 heavy (non-hydrogen) atoms. The first-order chi connectivity index (χ1) is 17.1. The van der Waals surface area contributed by atoms with E-state index in [0.29, 0.717) is 61.8 Å². The van der Waals surface area contributed by atoms with Gasteiger partial charge in [-0.05, 0) is 36.2 Å². The first kappa shape index (κ1) is 22.8. The molecule has 0 spiro atoms. The fourth-order valence-corrected chi connectivity index (χ4v) is 4.25. The zero-order valence-corrected chi connectivity index (χ0v) is 19.7. The van der Waals surface area contributed by atoms with Crippen molar-refractivity contribution in [2.24, 2.45) is 0 Å². The van der Waals surface area contributed by atoms with Crippen molar-refractivity contribution < 1.29 is 9.53 Å². The van der Waals surface area contributed by atoms with Crippen molar-refractivity contribution >= 4 is 22.8 Å². The molecule has 0 radical (unpaired) electrons. The van der Waals surface area contributed by atoms with Gasteiger partial charge in [0.05, 0.1) is 30.7 Å². The minimum atomic E-state index is -0.200. The Hall–Kier alpha value is -3.97. The molecular formula is C28H28N4O3. The molecule has 0 atom stereocenters. The molecule has 5 rings (SSSR count). The summed E-state index contributed by atoms with van der Waals surface area (Å²) < 4.78 is 7.24. The Morgan fingerprint density at radius 3 is 2.46 bits per heavy atom. The van der Waals surface area contributed by atoms with Gasteiger partial charge in [0.25, 0.3) is 11.5 Å². The van der Waals surface area contributed by atoms with E-state index in [2.05, 4.69) is 10.2 Å². The first-order valence-electron chi connectivity index (χ1n) is 11.8. The average Bonchev–Trinajstić information content (AvgIpc) is 2.90. The van der Waals surface area contributed by atoms with Gasteiger partial charge in [-0.3, -0.25) is 14.2 Å². The van der Waals surface area contributed by atoms with E-state index < -0.39 is 0 Å². The molecule has 7 nitrogen and oxygen atoms in total. The number of aromatic nitrogens is 2. The highest BCUT2D eigenvalue weighted by Crippen LogP contribution is 2.19. The zero-order chi connectivity index (χ0) is 24.2. The van der Waals surface area contributed by atoms with Crippen molar-refractivity contribution in [2.75, 3.05) is 31.2 Å². The topological polar surface area (TPSA) is 76.5 Å². The summed E-state index contributed by atoms with van der Waals surface area (Å²) in [4.78, 5) is 33.4. The number of aryl methyl sites for hydroxylation is 1. The van der Waals surface area contributed by atoms with Crippen LogP contribution < -0.4 is 15.8 Å². The Kier molecular flexibility index (Phi) is 6.59. The van der Waals surface area contributed by atoms with Crippen LogP contribution in [0.25, 0.3) is 10.9 Å². The monoisotopic (exact) mass is 468 g/mol. The van der Waals surface area contributed by atoms with Crippen molar-refractivity contribution in [1.82, 2.24) is 14.9 Å². The molecule has 0 aliphatic carbocycles. The van der Waals surface area contributed by atoms with Gasteiger partial charge in [0.2, 0.25) is 5.95 Å². The number of rotatable bonds is 6. The molecule has 2 heterocycles. The van der Waals surface area contributed by atoms with Crippen LogP contribution in [0.15, 0.2) is 77.6 Å². The SMILES string of the molecule is Cc1ccc(Cn2c(N3CCOCC3)nc3cc(C(=O)NCc4ccccc4)ccc3c2=O)cc1. The van der Waals surface area contributed by atoms with Gasteiger partial charge in [-0.15, -0.1) is 0 Å². The third-order valence-corrected chi connectivity index (χ3v) is 6.25. The molecule has 0 bridgehead atoms. The number of ether oxygens (including phenoxy) is 1. The third-order valence-electron chi connectivity index (χ3n) is 6.25. The van der Waals surface area contributed by atoms with Gasteiger partial charge >= 0.3 is 0 Å². The molecule has 0 saturated carbocycles. The first-order valence-corrected chi connectivity index (χ1v) is 11.8. The van der Waals surface area contributed by atoms with Crippen molar-refractivity contribution in [3.8, 4) is 0 Å². The van der Waals surface area contributed by atoms with Gasteiger partial charge in [0.15, 0.2) is 0 Å². The zero-order valence-electron chi connectivity index (χ0n) is 19.7. The number of amides is 1. The quantitative estimate of drug-likeness (QED) is 0.469. The Morgan fingerprint density at radius 1 is 0.971 bits per heavy atom. The van der Waals surface area contributed by atoms with Crippen molar-refractivity contribution in [3.05, 3.63) is 105 Å². The Morgan fingerprint density at radius 2 is 1.71 bits per heavy atom. The molecule has 178 valence electrons. The third kappa shape index (κ3) is 5.10. The highest BCUT2D eigenvalue weighted by atomic mass is 16.5. The summed E-state index contributed by atoms with van der Waals surface area (Å²) in [5.74, 6) is 0.405. The minimum absolute atomic E-state index is 0.117. The fraction of sp³-hybridized carbons (Fsp3) is 0.250. The highest BCUT2D eigenvalue weighted by molar-refractivity contribution is 5.97. The maximum atomic E-state index is 13.6. The lowest BCUT2D eigenvalue weighted by Crippen LogP contribution is -2.41. The molecular weight excluding hydrogens is 440 g/mol. The summed E-state index contributed by atoms with van der Waals surface area (Å²) in [6.45, 7) is 5.38. The van der Waals surface area contributed by atoms with Crippen LogP contribution in [0.4, 0.5) is 5.95 Å². The summed E-state index contributed by atoms with van der Waals surface area (Å²) in [6.07, 6.45) is 0. The van der Waals surface area contributed by atoms with Crippen molar-refractivity contribution in [2.45, 2.75) is 20.0 Å². The van der Waals surface area contributed by atoms with E-state index in [1.165, 1.54) is 5.56 Å². The van der Waals surface area contributed by atoms with E-state index in [-0.39, 0.29) is 11.5 Å². The smallest absolute Gasteiger partial charge is 0.263 e. The minimum Gasteiger partial charge on any atom is -0.378 e. The van der Waals surface area contributed by atoms with Gasteiger partial charge in [0.1, 0.15) is 0 Å². The van der Waals surface area contributed by atoms with Crippen LogP contribution in [0, 0.1) is 6.92 Å². The summed E-state index contributed by atoms with van der Waals surface area (Å²) in [6, 6.07) is 23.0. The maximum Gasteiger partial charge on any atom is 0.263 e. The second kappa shape index (κ2) is 10.1. The van der Waals surface area contributed by atoms with Crippen LogP contribution in [0.2, 0.25) is 0 Å².